The van der Waals surface area contributed by atoms with E-state index in [1.54, 1.807) is 6.26 Å². The van der Waals surface area contributed by atoms with Crippen LogP contribution in [0.25, 0.3) is 34.0 Å². The summed E-state index contributed by atoms with van der Waals surface area (Å²) in [4.78, 5) is 8.02. The number of nitrogen functional groups attached to an aromatic ring is 2. The standard InChI is InChI=1S/C18H14N4O/c19-16-15-14(10-23-17(15)22-18(20)21-16)8-6-11-5-7-12-3-1-2-4-13(12)9-11/h1-10H,(H4,19,20,21,22). The van der Waals surface area contributed by atoms with Crippen molar-refractivity contribution in [3.8, 4) is 0 Å². The molecule has 4 aromatic rings. The molecule has 0 aliphatic rings. The van der Waals surface area contributed by atoms with Crippen LogP contribution in [0.5, 0.6) is 0 Å². The molecule has 2 aromatic heterocycles. The van der Waals surface area contributed by atoms with Crippen molar-refractivity contribution in [1.29, 1.82) is 0 Å². The summed E-state index contributed by atoms with van der Waals surface area (Å²) in [7, 11) is 0. The van der Waals surface area contributed by atoms with Crippen molar-refractivity contribution >= 4 is 45.8 Å². The van der Waals surface area contributed by atoms with Gasteiger partial charge in [0.1, 0.15) is 12.1 Å². The Morgan fingerprint density at radius 3 is 2.61 bits per heavy atom. The first-order valence-electron chi connectivity index (χ1n) is 7.18. The zero-order valence-corrected chi connectivity index (χ0v) is 12.2. The van der Waals surface area contributed by atoms with Gasteiger partial charge in [0.25, 0.3) is 0 Å². The minimum atomic E-state index is 0.106. The minimum absolute atomic E-state index is 0.106. The van der Waals surface area contributed by atoms with Gasteiger partial charge in [-0.25, -0.2) is 0 Å². The van der Waals surface area contributed by atoms with E-state index in [-0.39, 0.29) is 5.95 Å². The Morgan fingerprint density at radius 2 is 1.74 bits per heavy atom. The average molecular weight is 302 g/mol. The molecular weight excluding hydrogens is 288 g/mol. The number of aromatic nitrogens is 2. The zero-order chi connectivity index (χ0) is 15.8. The lowest BCUT2D eigenvalue weighted by molar-refractivity contribution is 0.602. The highest BCUT2D eigenvalue weighted by molar-refractivity contribution is 5.96. The molecule has 0 spiro atoms. The van der Waals surface area contributed by atoms with E-state index in [9.17, 15) is 0 Å². The lowest BCUT2D eigenvalue weighted by Gasteiger charge is -1.99. The van der Waals surface area contributed by atoms with Gasteiger partial charge < -0.3 is 15.9 Å². The minimum Gasteiger partial charge on any atom is -0.445 e. The number of rotatable bonds is 2. The van der Waals surface area contributed by atoms with Gasteiger partial charge in [-0.1, -0.05) is 48.6 Å². The summed E-state index contributed by atoms with van der Waals surface area (Å²) >= 11 is 0. The molecule has 2 heterocycles. The van der Waals surface area contributed by atoms with E-state index in [2.05, 4.69) is 40.3 Å². The van der Waals surface area contributed by atoms with Gasteiger partial charge in [0.05, 0.1) is 5.39 Å². The maximum atomic E-state index is 5.92. The number of hydrogen-bond donors (Lipinski definition) is 2. The summed E-state index contributed by atoms with van der Waals surface area (Å²) in [6, 6.07) is 14.5. The first-order valence-corrected chi connectivity index (χ1v) is 7.18. The van der Waals surface area contributed by atoms with Gasteiger partial charge in [-0.15, -0.1) is 0 Å². The summed E-state index contributed by atoms with van der Waals surface area (Å²) in [5.74, 6) is 0.425. The van der Waals surface area contributed by atoms with Crippen LogP contribution in [0.1, 0.15) is 11.1 Å². The van der Waals surface area contributed by atoms with Crippen LogP contribution in [-0.4, -0.2) is 9.97 Å². The van der Waals surface area contributed by atoms with Crippen molar-refractivity contribution in [2.24, 2.45) is 0 Å². The van der Waals surface area contributed by atoms with E-state index in [4.69, 9.17) is 15.9 Å². The Bertz CT molecular complexity index is 1050. The van der Waals surface area contributed by atoms with Crippen LogP contribution in [0, 0.1) is 0 Å². The number of nitrogens with two attached hydrogens (primary N) is 2. The fourth-order valence-electron chi connectivity index (χ4n) is 2.63. The second kappa shape index (κ2) is 5.14. The second-order valence-electron chi connectivity index (χ2n) is 5.28. The quantitative estimate of drug-likeness (QED) is 0.589. The first-order chi connectivity index (χ1) is 11.2. The molecule has 112 valence electrons. The predicted octanol–water partition coefficient (Wildman–Crippen LogP) is 3.71. The van der Waals surface area contributed by atoms with Crippen molar-refractivity contribution in [2.75, 3.05) is 11.5 Å². The van der Waals surface area contributed by atoms with Gasteiger partial charge in [-0.3, -0.25) is 0 Å². The van der Waals surface area contributed by atoms with Crippen LogP contribution in [0.3, 0.4) is 0 Å². The molecule has 0 unspecified atom stereocenters. The number of nitrogens with zero attached hydrogens (tertiary/aromatic N) is 2. The van der Waals surface area contributed by atoms with Gasteiger partial charge in [0.15, 0.2) is 0 Å². The molecule has 0 atom stereocenters. The topological polar surface area (TPSA) is 91.0 Å². The van der Waals surface area contributed by atoms with E-state index in [0.717, 1.165) is 11.1 Å². The van der Waals surface area contributed by atoms with Gasteiger partial charge in [0.2, 0.25) is 11.7 Å². The summed E-state index contributed by atoms with van der Waals surface area (Å²) < 4.78 is 5.41. The molecule has 5 nitrogen and oxygen atoms in total. The van der Waals surface area contributed by atoms with Crippen molar-refractivity contribution < 1.29 is 4.42 Å². The normalized spacial score (nSPS) is 11.7. The Morgan fingerprint density at radius 1 is 0.913 bits per heavy atom. The number of fused-ring (bicyclic) bond motifs is 2. The molecular formula is C18H14N4O. The predicted molar refractivity (Wildman–Crippen MR) is 93.5 cm³/mol. The monoisotopic (exact) mass is 302 g/mol. The molecule has 0 saturated heterocycles. The SMILES string of the molecule is Nc1nc(N)c2c(C=Cc3ccc4ccccc4c3)coc2n1. The second-order valence-corrected chi connectivity index (χ2v) is 5.28. The third-order valence-corrected chi connectivity index (χ3v) is 3.74. The Hall–Kier alpha value is -3.34. The smallest absolute Gasteiger partial charge is 0.233 e. The Balaban J connectivity index is 1.75. The van der Waals surface area contributed by atoms with Crippen LogP contribution >= 0.6 is 0 Å². The highest BCUT2D eigenvalue weighted by Gasteiger charge is 2.10. The van der Waals surface area contributed by atoms with Crippen LogP contribution in [0.4, 0.5) is 11.8 Å². The van der Waals surface area contributed by atoms with Crippen molar-refractivity contribution in [1.82, 2.24) is 9.97 Å². The molecule has 0 aliphatic carbocycles. The lowest BCUT2D eigenvalue weighted by Crippen LogP contribution is -1.99. The maximum absolute atomic E-state index is 5.92. The van der Waals surface area contributed by atoms with Crippen LogP contribution in [-0.2, 0) is 0 Å². The van der Waals surface area contributed by atoms with E-state index in [1.807, 2.05) is 24.3 Å². The summed E-state index contributed by atoms with van der Waals surface area (Å²) in [6.45, 7) is 0. The largest absolute Gasteiger partial charge is 0.445 e. The fourth-order valence-corrected chi connectivity index (χ4v) is 2.63. The molecule has 23 heavy (non-hydrogen) atoms. The lowest BCUT2D eigenvalue weighted by atomic mass is 10.1. The van der Waals surface area contributed by atoms with E-state index >= 15 is 0 Å². The number of benzene rings is 2. The van der Waals surface area contributed by atoms with E-state index < -0.39 is 0 Å². The van der Waals surface area contributed by atoms with E-state index in [1.165, 1.54) is 10.8 Å². The van der Waals surface area contributed by atoms with Crippen LogP contribution < -0.4 is 11.5 Å². The Kier molecular flexibility index (Phi) is 2.98. The highest BCUT2D eigenvalue weighted by Crippen LogP contribution is 2.27. The molecule has 0 bridgehead atoms. The fraction of sp³-hybridized carbons (Fsp3) is 0. The Labute approximate surface area is 132 Å². The summed E-state index contributed by atoms with van der Waals surface area (Å²) in [6.07, 6.45) is 5.55. The van der Waals surface area contributed by atoms with Gasteiger partial charge in [-0.2, -0.15) is 9.97 Å². The zero-order valence-electron chi connectivity index (χ0n) is 12.2. The van der Waals surface area contributed by atoms with Gasteiger partial charge >= 0.3 is 0 Å². The van der Waals surface area contributed by atoms with Crippen LogP contribution in [0.2, 0.25) is 0 Å². The number of hydrogen-bond acceptors (Lipinski definition) is 5. The average Bonchev–Trinajstić information content (AvgIpc) is 2.96. The first kappa shape index (κ1) is 13.3. The number of anilines is 2. The summed E-state index contributed by atoms with van der Waals surface area (Å²) in [5, 5.41) is 3.09. The number of furan rings is 1. The van der Waals surface area contributed by atoms with Gasteiger partial charge in [0, 0.05) is 5.56 Å². The molecule has 0 fully saturated rings. The van der Waals surface area contributed by atoms with Crippen LogP contribution in [0.15, 0.2) is 53.1 Å². The van der Waals surface area contributed by atoms with E-state index in [0.29, 0.717) is 16.9 Å². The third kappa shape index (κ3) is 2.38. The molecule has 0 amide bonds. The summed E-state index contributed by atoms with van der Waals surface area (Å²) in [5.41, 5.74) is 13.8. The van der Waals surface area contributed by atoms with Crippen molar-refractivity contribution in [2.45, 2.75) is 0 Å². The molecule has 5 heteroatoms. The molecule has 4 rings (SSSR count). The molecule has 0 saturated carbocycles. The van der Waals surface area contributed by atoms with Crippen molar-refractivity contribution in [3.63, 3.8) is 0 Å². The highest BCUT2D eigenvalue weighted by atomic mass is 16.3. The molecule has 4 N–H and O–H groups in total. The van der Waals surface area contributed by atoms with Gasteiger partial charge in [-0.05, 0) is 22.4 Å². The van der Waals surface area contributed by atoms with Crippen molar-refractivity contribution in [3.05, 3.63) is 59.9 Å². The maximum Gasteiger partial charge on any atom is 0.233 e. The third-order valence-electron chi connectivity index (χ3n) is 3.74. The molecule has 2 aromatic carbocycles. The molecule has 0 radical (unpaired) electrons. The molecule has 0 aliphatic heterocycles.